The average molecular weight is 256 g/mol. The highest BCUT2D eigenvalue weighted by Gasteiger charge is 2.23. The Hall–Kier alpha value is -0.610. The zero-order chi connectivity index (χ0) is 13.2. The molecule has 0 aromatic rings. The van der Waals surface area contributed by atoms with Crippen LogP contribution in [0.1, 0.15) is 46.0 Å². The van der Waals surface area contributed by atoms with Crippen molar-refractivity contribution in [2.75, 3.05) is 32.8 Å². The van der Waals surface area contributed by atoms with E-state index in [0.29, 0.717) is 6.61 Å². The Balaban J connectivity index is 2.07. The zero-order valence-corrected chi connectivity index (χ0v) is 11.9. The summed E-state index contributed by atoms with van der Waals surface area (Å²) >= 11 is 0. The molecule has 1 aliphatic rings. The summed E-state index contributed by atoms with van der Waals surface area (Å²) in [6, 6.07) is -0.0947. The van der Waals surface area contributed by atoms with Gasteiger partial charge in [-0.1, -0.05) is 32.6 Å². The molecule has 1 N–H and O–H groups in total. The highest BCUT2D eigenvalue weighted by atomic mass is 16.5. The van der Waals surface area contributed by atoms with Gasteiger partial charge in [0, 0.05) is 26.2 Å². The van der Waals surface area contributed by atoms with Gasteiger partial charge in [-0.3, -0.25) is 9.69 Å². The van der Waals surface area contributed by atoms with Gasteiger partial charge in [-0.25, -0.2) is 0 Å². The molecule has 0 aromatic carbocycles. The quantitative estimate of drug-likeness (QED) is 0.531. The third-order valence-corrected chi connectivity index (χ3v) is 3.53. The number of carbonyl (C=O) groups excluding carboxylic acids is 1. The fraction of sp³-hybridized carbons (Fsp3) is 0.929. The number of ether oxygens (including phenoxy) is 1. The van der Waals surface area contributed by atoms with E-state index < -0.39 is 0 Å². The molecule has 0 bridgehead atoms. The largest absolute Gasteiger partial charge is 0.465 e. The Kier molecular flexibility index (Phi) is 8.01. The van der Waals surface area contributed by atoms with Crippen LogP contribution in [0, 0.1) is 0 Å². The molecule has 1 unspecified atom stereocenters. The number of nitrogens with zero attached hydrogens (tertiary/aromatic N) is 1. The van der Waals surface area contributed by atoms with Crippen LogP contribution in [0.5, 0.6) is 0 Å². The van der Waals surface area contributed by atoms with E-state index in [4.69, 9.17) is 4.74 Å². The number of hydrogen-bond donors (Lipinski definition) is 1. The standard InChI is InChI=1S/C14H28N2O2/c1-3-4-5-6-7-12-18-14(17)13(2)16-10-8-15-9-11-16/h13,15H,3-12H2,1-2H3. The van der Waals surface area contributed by atoms with Crippen LogP contribution in [0.3, 0.4) is 0 Å². The summed E-state index contributed by atoms with van der Waals surface area (Å²) in [5.74, 6) is -0.0626. The Bertz CT molecular complexity index is 228. The molecule has 1 rings (SSSR count). The van der Waals surface area contributed by atoms with E-state index in [9.17, 15) is 4.79 Å². The second kappa shape index (κ2) is 9.34. The van der Waals surface area contributed by atoms with E-state index in [2.05, 4.69) is 17.1 Å². The van der Waals surface area contributed by atoms with E-state index >= 15 is 0 Å². The van der Waals surface area contributed by atoms with Crippen LogP contribution in [0.2, 0.25) is 0 Å². The fourth-order valence-electron chi connectivity index (χ4n) is 2.22. The molecule has 0 aliphatic carbocycles. The summed E-state index contributed by atoms with van der Waals surface area (Å²) in [7, 11) is 0. The van der Waals surface area contributed by atoms with Crippen LogP contribution in [0.4, 0.5) is 0 Å². The van der Waals surface area contributed by atoms with Crippen LogP contribution < -0.4 is 5.32 Å². The minimum Gasteiger partial charge on any atom is -0.465 e. The lowest BCUT2D eigenvalue weighted by Crippen LogP contribution is -2.50. The molecule has 1 fully saturated rings. The van der Waals surface area contributed by atoms with Gasteiger partial charge in [0.2, 0.25) is 0 Å². The first-order valence-corrected chi connectivity index (χ1v) is 7.37. The lowest BCUT2D eigenvalue weighted by Gasteiger charge is -2.31. The van der Waals surface area contributed by atoms with Gasteiger partial charge in [0.1, 0.15) is 6.04 Å². The van der Waals surface area contributed by atoms with Crippen molar-refractivity contribution in [1.29, 1.82) is 0 Å². The SMILES string of the molecule is CCCCCCCOC(=O)C(C)N1CCNCC1. The number of rotatable bonds is 8. The number of nitrogens with one attached hydrogen (secondary N) is 1. The monoisotopic (exact) mass is 256 g/mol. The van der Waals surface area contributed by atoms with Gasteiger partial charge in [0.05, 0.1) is 6.61 Å². The van der Waals surface area contributed by atoms with E-state index in [0.717, 1.165) is 32.6 Å². The lowest BCUT2D eigenvalue weighted by molar-refractivity contribution is -0.149. The van der Waals surface area contributed by atoms with Crippen molar-refractivity contribution in [2.24, 2.45) is 0 Å². The molecule has 1 atom stereocenters. The summed E-state index contributed by atoms with van der Waals surface area (Å²) in [5.41, 5.74) is 0. The molecular formula is C14H28N2O2. The van der Waals surface area contributed by atoms with Crippen molar-refractivity contribution in [3.63, 3.8) is 0 Å². The van der Waals surface area contributed by atoms with Gasteiger partial charge in [0.15, 0.2) is 0 Å². The number of unbranched alkanes of at least 4 members (excludes halogenated alkanes) is 4. The summed E-state index contributed by atoms with van der Waals surface area (Å²) in [4.78, 5) is 14.0. The van der Waals surface area contributed by atoms with E-state index in [-0.39, 0.29) is 12.0 Å². The third kappa shape index (κ3) is 5.83. The minimum atomic E-state index is -0.0947. The van der Waals surface area contributed by atoms with Gasteiger partial charge in [-0.15, -0.1) is 0 Å². The van der Waals surface area contributed by atoms with Crippen molar-refractivity contribution >= 4 is 5.97 Å². The van der Waals surface area contributed by atoms with Crippen LogP contribution >= 0.6 is 0 Å². The van der Waals surface area contributed by atoms with Crippen molar-refractivity contribution in [3.8, 4) is 0 Å². The Labute approximate surface area is 111 Å². The molecule has 106 valence electrons. The molecule has 4 heteroatoms. The predicted octanol–water partition coefficient (Wildman–Crippen LogP) is 1.79. The Morgan fingerprint density at radius 2 is 1.89 bits per heavy atom. The molecule has 4 nitrogen and oxygen atoms in total. The molecular weight excluding hydrogens is 228 g/mol. The molecule has 0 saturated carbocycles. The van der Waals surface area contributed by atoms with Gasteiger partial charge in [0.25, 0.3) is 0 Å². The molecule has 18 heavy (non-hydrogen) atoms. The van der Waals surface area contributed by atoms with Crippen LogP contribution in [-0.2, 0) is 9.53 Å². The van der Waals surface area contributed by atoms with E-state index in [1.807, 2.05) is 6.92 Å². The summed E-state index contributed by atoms with van der Waals surface area (Å²) in [6.45, 7) is 8.54. The van der Waals surface area contributed by atoms with Crippen molar-refractivity contribution in [1.82, 2.24) is 10.2 Å². The van der Waals surface area contributed by atoms with E-state index in [1.54, 1.807) is 0 Å². The predicted molar refractivity (Wildman–Crippen MR) is 73.6 cm³/mol. The van der Waals surface area contributed by atoms with Gasteiger partial charge in [-0.2, -0.15) is 0 Å². The number of piperazine rings is 1. The molecule has 1 aliphatic heterocycles. The summed E-state index contributed by atoms with van der Waals surface area (Å²) < 4.78 is 5.34. The van der Waals surface area contributed by atoms with Crippen LogP contribution in [0.15, 0.2) is 0 Å². The Morgan fingerprint density at radius 3 is 2.56 bits per heavy atom. The van der Waals surface area contributed by atoms with E-state index in [1.165, 1.54) is 25.7 Å². The van der Waals surface area contributed by atoms with Gasteiger partial charge >= 0.3 is 5.97 Å². The maximum absolute atomic E-state index is 11.8. The highest BCUT2D eigenvalue weighted by Crippen LogP contribution is 2.06. The molecule has 1 heterocycles. The Morgan fingerprint density at radius 1 is 1.22 bits per heavy atom. The van der Waals surface area contributed by atoms with Crippen molar-refractivity contribution < 1.29 is 9.53 Å². The van der Waals surface area contributed by atoms with Crippen LogP contribution in [0.25, 0.3) is 0 Å². The molecule has 0 radical (unpaired) electrons. The number of carbonyl (C=O) groups is 1. The molecule has 1 saturated heterocycles. The molecule has 0 aromatic heterocycles. The van der Waals surface area contributed by atoms with Gasteiger partial charge < -0.3 is 10.1 Å². The minimum absolute atomic E-state index is 0.0626. The maximum atomic E-state index is 11.8. The van der Waals surface area contributed by atoms with Crippen molar-refractivity contribution in [2.45, 2.75) is 52.0 Å². The summed E-state index contributed by atoms with van der Waals surface area (Å²) in [6.07, 6.45) is 5.95. The first-order chi connectivity index (χ1) is 8.75. The topological polar surface area (TPSA) is 41.6 Å². The molecule has 0 amide bonds. The smallest absolute Gasteiger partial charge is 0.323 e. The number of hydrogen-bond acceptors (Lipinski definition) is 4. The lowest BCUT2D eigenvalue weighted by atomic mass is 10.2. The second-order valence-electron chi connectivity index (χ2n) is 5.04. The van der Waals surface area contributed by atoms with Gasteiger partial charge in [-0.05, 0) is 13.3 Å². The average Bonchev–Trinajstić information content (AvgIpc) is 2.42. The highest BCUT2D eigenvalue weighted by molar-refractivity contribution is 5.75. The number of esters is 1. The third-order valence-electron chi connectivity index (χ3n) is 3.53. The van der Waals surface area contributed by atoms with Crippen molar-refractivity contribution in [3.05, 3.63) is 0 Å². The second-order valence-corrected chi connectivity index (χ2v) is 5.04. The van der Waals surface area contributed by atoms with Crippen LogP contribution in [-0.4, -0.2) is 49.7 Å². The molecule has 0 spiro atoms. The zero-order valence-electron chi connectivity index (χ0n) is 11.9. The first kappa shape index (κ1) is 15.4. The normalized spacial score (nSPS) is 18.6. The maximum Gasteiger partial charge on any atom is 0.323 e. The fourth-order valence-corrected chi connectivity index (χ4v) is 2.22. The first-order valence-electron chi connectivity index (χ1n) is 7.37. The summed E-state index contributed by atoms with van der Waals surface area (Å²) in [5, 5.41) is 3.29.